The molecule has 3 heterocycles. The van der Waals surface area contributed by atoms with Crippen molar-refractivity contribution in [3.8, 4) is 0 Å². The van der Waals surface area contributed by atoms with Crippen LogP contribution >= 0.6 is 11.3 Å². The van der Waals surface area contributed by atoms with Gasteiger partial charge in [0, 0.05) is 27.2 Å². The van der Waals surface area contributed by atoms with Crippen LogP contribution in [-0.4, -0.2) is 48.0 Å². The van der Waals surface area contributed by atoms with Crippen LogP contribution in [0.1, 0.15) is 40.3 Å². The van der Waals surface area contributed by atoms with Crippen molar-refractivity contribution in [1.29, 1.82) is 0 Å². The van der Waals surface area contributed by atoms with E-state index in [1.54, 1.807) is 0 Å². The predicted molar refractivity (Wildman–Crippen MR) is 100 cm³/mol. The molecule has 2 aromatic rings. The maximum Gasteiger partial charge on any atom is 0.261 e. The van der Waals surface area contributed by atoms with Gasteiger partial charge in [-0.1, -0.05) is 0 Å². The monoisotopic (exact) mass is 360 g/mol. The third-order valence-electron chi connectivity index (χ3n) is 4.06. The van der Waals surface area contributed by atoms with E-state index in [-0.39, 0.29) is 5.91 Å². The van der Waals surface area contributed by atoms with E-state index in [0.717, 1.165) is 31.5 Å². The Morgan fingerprint density at radius 1 is 1.24 bits per heavy atom. The van der Waals surface area contributed by atoms with E-state index in [1.807, 2.05) is 37.4 Å². The molecule has 134 valence electrons. The van der Waals surface area contributed by atoms with Gasteiger partial charge in [0.25, 0.3) is 5.91 Å². The SMILES string of the molecule is Cc1csc(C(=O)NCc2nc(N(C)C)nc(N3CCCCC3)n2)c1. The molecule has 25 heavy (non-hydrogen) atoms. The van der Waals surface area contributed by atoms with Crippen molar-refractivity contribution < 1.29 is 4.79 Å². The first-order valence-electron chi connectivity index (χ1n) is 8.53. The van der Waals surface area contributed by atoms with Gasteiger partial charge < -0.3 is 15.1 Å². The fraction of sp³-hybridized carbons (Fsp3) is 0.529. The van der Waals surface area contributed by atoms with Crippen molar-refractivity contribution in [2.75, 3.05) is 37.0 Å². The number of amides is 1. The maximum absolute atomic E-state index is 12.2. The minimum Gasteiger partial charge on any atom is -0.347 e. The normalized spacial score (nSPS) is 14.4. The molecule has 1 saturated heterocycles. The Morgan fingerprint density at radius 3 is 2.64 bits per heavy atom. The van der Waals surface area contributed by atoms with Crippen molar-refractivity contribution in [2.24, 2.45) is 0 Å². The lowest BCUT2D eigenvalue weighted by Crippen LogP contribution is -2.32. The molecule has 0 aromatic carbocycles. The van der Waals surface area contributed by atoms with E-state index in [9.17, 15) is 4.79 Å². The summed E-state index contributed by atoms with van der Waals surface area (Å²) in [6.07, 6.45) is 3.57. The molecule has 0 saturated carbocycles. The first-order chi connectivity index (χ1) is 12.0. The highest BCUT2D eigenvalue weighted by molar-refractivity contribution is 7.12. The minimum atomic E-state index is -0.0931. The molecule has 1 aliphatic rings. The van der Waals surface area contributed by atoms with Gasteiger partial charge in [0.05, 0.1) is 11.4 Å². The van der Waals surface area contributed by atoms with Gasteiger partial charge in [0.2, 0.25) is 11.9 Å². The van der Waals surface area contributed by atoms with Crippen LogP contribution in [0.25, 0.3) is 0 Å². The summed E-state index contributed by atoms with van der Waals surface area (Å²) < 4.78 is 0. The number of aryl methyl sites for hydroxylation is 1. The van der Waals surface area contributed by atoms with Crippen LogP contribution in [0.2, 0.25) is 0 Å². The number of carbonyl (C=O) groups is 1. The average molecular weight is 360 g/mol. The molecule has 1 N–H and O–H groups in total. The van der Waals surface area contributed by atoms with Crippen molar-refractivity contribution in [3.05, 3.63) is 27.7 Å². The summed E-state index contributed by atoms with van der Waals surface area (Å²) >= 11 is 1.45. The molecular weight excluding hydrogens is 336 g/mol. The summed E-state index contributed by atoms with van der Waals surface area (Å²) in [5, 5.41) is 4.88. The highest BCUT2D eigenvalue weighted by Crippen LogP contribution is 2.18. The highest BCUT2D eigenvalue weighted by Gasteiger charge is 2.17. The fourth-order valence-electron chi connectivity index (χ4n) is 2.71. The number of anilines is 2. The molecule has 1 fully saturated rings. The number of hydrogen-bond donors (Lipinski definition) is 1. The Morgan fingerprint density at radius 2 is 2.00 bits per heavy atom. The van der Waals surface area contributed by atoms with Crippen LogP contribution in [0, 0.1) is 6.92 Å². The second-order valence-corrected chi connectivity index (χ2v) is 7.38. The lowest BCUT2D eigenvalue weighted by molar-refractivity contribution is 0.0954. The van der Waals surface area contributed by atoms with Gasteiger partial charge in [-0.3, -0.25) is 4.79 Å². The lowest BCUT2D eigenvalue weighted by atomic mass is 10.1. The Balaban J connectivity index is 1.75. The molecule has 1 aliphatic heterocycles. The molecule has 0 aliphatic carbocycles. The number of nitrogens with one attached hydrogen (secondary N) is 1. The van der Waals surface area contributed by atoms with Crippen molar-refractivity contribution in [3.63, 3.8) is 0 Å². The molecular formula is C17H24N6OS. The first kappa shape index (κ1) is 17.6. The van der Waals surface area contributed by atoms with Gasteiger partial charge in [-0.25, -0.2) is 0 Å². The number of aromatic nitrogens is 3. The van der Waals surface area contributed by atoms with Crippen molar-refractivity contribution >= 4 is 29.1 Å². The Labute approximate surface area is 152 Å². The summed E-state index contributed by atoms with van der Waals surface area (Å²) in [6, 6.07) is 1.89. The predicted octanol–water partition coefficient (Wildman–Crippen LogP) is 2.23. The quantitative estimate of drug-likeness (QED) is 0.881. The van der Waals surface area contributed by atoms with E-state index < -0.39 is 0 Å². The Kier molecular flexibility index (Phi) is 5.47. The molecule has 0 unspecified atom stereocenters. The second-order valence-electron chi connectivity index (χ2n) is 6.46. The van der Waals surface area contributed by atoms with Crippen molar-refractivity contribution in [1.82, 2.24) is 20.3 Å². The van der Waals surface area contributed by atoms with Gasteiger partial charge in [-0.15, -0.1) is 11.3 Å². The topological polar surface area (TPSA) is 74.2 Å². The molecule has 0 radical (unpaired) electrons. The third-order valence-corrected chi connectivity index (χ3v) is 5.11. The second kappa shape index (κ2) is 7.77. The number of piperidine rings is 1. The lowest BCUT2D eigenvalue weighted by Gasteiger charge is -2.27. The van der Waals surface area contributed by atoms with Crippen LogP contribution < -0.4 is 15.1 Å². The zero-order chi connectivity index (χ0) is 17.8. The number of hydrogen-bond acceptors (Lipinski definition) is 7. The average Bonchev–Trinajstić information content (AvgIpc) is 3.06. The van der Waals surface area contributed by atoms with Gasteiger partial charge in [0.15, 0.2) is 5.82 Å². The Hall–Kier alpha value is -2.22. The molecule has 0 atom stereocenters. The van der Waals surface area contributed by atoms with Crippen molar-refractivity contribution in [2.45, 2.75) is 32.7 Å². The van der Waals surface area contributed by atoms with Gasteiger partial charge in [-0.2, -0.15) is 15.0 Å². The highest BCUT2D eigenvalue weighted by atomic mass is 32.1. The molecule has 0 spiro atoms. The summed E-state index contributed by atoms with van der Waals surface area (Å²) in [5.74, 6) is 1.81. The zero-order valence-corrected chi connectivity index (χ0v) is 15.8. The smallest absolute Gasteiger partial charge is 0.261 e. The zero-order valence-electron chi connectivity index (χ0n) is 14.9. The van der Waals surface area contributed by atoms with E-state index in [0.29, 0.717) is 29.1 Å². The van der Waals surface area contributed by atoms with E-state index in [4.69, 9.17) is 0 Å². The molecule has 2 aromatic heterocycles. The maximum atomic E-state index is 12.2. The summed E-state index contributed by atoms with van der Waals surface area (Å²) in [7, 11) is 3.82. The summed E-state index contributed by atoms with van der Waals surface area (Å²) in [5.41, 5.74) is 1.09. The third kappa shape index (κ3) is 4.45. The van der Waals surface area contributed by atoms with Gasteiger partial charge in [-0.05, 0) is 43.2 Å². The number of thiophene rings is 1. The van der Waals surface area contributed by atoms with Gasteiger partial charge in [0.1, 0.15) is 0 Å². The largest absolute Gasteiger partial charge is 0.347 e. The fourth-order valence-corrected chi connectivity index (χ4v) is 3.52. The molecule has 0 bridgehead atoms. The summed E-state index contributed by atoms with van der Waals surface area (Å²) in [4.78, 5) is 30.6. The number of carbonyl (C=O) groups excluding carboxylic acids is 1. The van der Waals surface area contributed by atoms with E-state index >= 15 is 0 Å². The van der Waals surface area contributed by atoms with E-state index in [2.05, 4.69) is 25.2 Å². The van der Waals surface area contributed by atoms with Gasteiger partial charge >= 0.3 is 0 Å². The van der Waals surface area contributed by atoms with Crippen LogP contribution in [0.3, 0.4) is 0 Å². The number of rotatable bonds is 5. The molecule has 7 nitrogen and oxygen atoms in total. The standard InChI is InChI=1S/C17H24N6OS/c1-12-9-13(25-11-12)15(24)18-10-14-19-16(22(2)3)21-17(20-14)23-7-5-4-6-8-23/h9,11H,4-8,10H2,1-3H3,(H,18,24). The minimum absolute atomic E-state index is 0.0931. The van der Waals surface area contributed by atoms with Crippen LogP contribution in [-0.2, 0) is 6.54 Å². The Bertz CT molecular complexity index is 738. The molecule has 1 amide bonds. The van der Waals surface area contributed by atoms with E-state index in [1.165, 1.54) is 17.8 Å². The van der Waals surface area contributed by atoms with Crippen LogP contribution in [0.5, 0.6) is 0 Å². The van der Waals surface area contributed by atoms with Crippen LogP contribution in [0.15, 0.2) is 11.4 Å². The summed E-state index contributed by atoms with van der Waals surface area (Å²) in [6.45, 7) is 4.21. The molecule has 8 heteroatoms. The molecule has 3 rings (SSSR count). The van der Waals surface area contributed by atoms with Crippen LogP contribution in [0.4, 0.5) is 11.9 Å². The first-order valence-corrected chi connectivity index (χ1v) is 9.41. The number of nitrogens with zero attached hydrogens (tertiary/aromatic N) is 5.